The van der Waals surface area contributed by atoms with Gasteiger partial charge in [0.25, 0.3) is 0 Å². The number of hydrogen-bond donors (Lipinski definition) is 1. The fourth-order valence-corrected chi connectivity index (χ4v) is 3.82. The Kier molecular flexibility index (Phi) is 3.57. The van der Waals surface area contributed by atoms with Crippen LogP contribution in [0.15, 0.2) is 24.3 Å². The maximum absolute atomic E-state index is 9.90. The Labute approximate surface area is 128 Å². The molecule has 1 atom stereocenters. The number of rotatable bonds is 2. The molecule has 2 aromatic carbocycles. The molecule has 1 aliphatic carbocycles. The zero-order valence-electron chi connectivity index (χ0n) is 13.7. The zero-order chi connectivity index (χ0) is 15.2. The molecule has 0 amide bonds. The smallest absolute Gasteiger partial charge is 0.0525 e. The first-order valence-electron chi connectivity index (χ1n) is 8.14. The summed E-state index contributed by atoms with van der Waals surface area (Å²) in [5.74, 6) is 0.551. The van der Waals surface area contributed by atoms with E-state index in [4.69, 9.17) is 0 Å². The Morgan fingerprint density at radius 3 is 2.67 bits per heavy atom. The Morgan fingerprint density at radius 2 is 2.00 bits per heavy atom. The summed E-state index contributed by atoms with van der Waals surface area (Å²) in [4.78, 5) is 0. The van der Waals surface area contributed by atoms with Crippen LogP contribution in [0.4, 0.5) is 0 Å². The highest BCUT2D eigenvalue weighted by Crippen LogP contribution is 2.41. The van der Waals surface area contributed by atoms with E-state index in [0.29, 0.717) is 5.92 Å². The van der Waals surface area contributed by atoms with Crippen molar-refractivity contribution >= 4 is 10.8 Å². The van der Waals surface area contributed by atoms with Gasteiger partial charge in [-0.2, -0.15) is 0 Å². The van der Waals surface area contributed by atoms with Crippen molar-refractivity contribution in [2.75, 3.05) is 6.61 Å². The van der Waals surface area contributed by atoms with Crippen molar-refractivity contribution in [3.05, 3.63) is 46.5 Å². The molecule has 0 heterocycles. The largest absolute Gasteiger partial charge is 0.395 e. The molecule has 21 heavy (non-hydrogen) atoms. The molecule has 0 spiro atoms. The lowest BCUT2D eigenvalue weighted by atomic mass is 9.70. The Balaban J connectivity index is 2.29. The Hall–Kier alpha value is -1.34. The van der Waals surface area contributed by atoms with Gasteiger partial charge in [0.15, 0.2) is 0 Å². The molecule has 2 aromatic rings. The van der Waals surface area contributed by atoms with Gasteiger partial charge >= 0.3 is 0 Å². The molecule has 112 valence electrons. The van der Waals surface area contributed by atoms with Crippen molar-refractivity contribution in [2.24, 2.45) is 0 Å². The van der Waals surface area contributed by atoms with Gasteiger partial charge in [-0.15, -0.1) is 0 Å². The summed E-state index contributed by atoms with van der Waals surface area (Å²) in [5, 5.41) is 12.6. The number of aliphatic hydroxyl groups excluding tert-OH is 1. The Bertz CT molecular complexity index is 684. The topological polar surface area (TPSA) is 20.2 Å². The summed E-state index contributed by atoms with van der Waals surface area (Å²) >= 11 is 0. The molecular formula is C20H26O. The van der Waals surface area contributed by atoms with Crippen LogP contribution in [0, 0.1) is 6.92 Å². The highest BCUT2D eigenvalue weighted by atomic mass is 16.3. The SMILES string of the molecule is Cc1c2c(cc3cc(C(C)C)ccc13)[C@](C)(CO)CCC2. The van der Waals surface area contributed by atoms with Crippen molar-refractivity contribution in [1.82, 2.24) is 0 Å². The third kappa shape index (κ3) is 2.28. The standard InChI is InChI=1S/C20H26O/c1-13(2)15-7-8-17-14(3)18-6-5-9-20(4,12-21)19(18)11-16(17)10-15/h7-8,10-11,13,21H,5-6,9,12H2,1-4H3/t20-/m0/s1. The first kappa shape index (κ1) is 14.6. The molecule has 0 saturated carbocycles. The number of aryl methyl sites for hydroxylation is 1. The van der Waals surface area contributed by atoms with E-state index in [9.17, 15) is 5.11 Å². The first-order chi connectivity index (χ1) is 9.96. The minimum atomic E-state index is -0.0691. The van der Waals surface area contributed by atoms with Crippen molar-refractivity contribution in [1.29, 1.82) is 0 Å². The third-order valence-corrected chi connectivity index (χ3v) is 5.38. The van der Waals surface area contributed by atoms with E-state index in [1.807, 2.05) is 0 Å². The molecule has 0 aliphatic heterocycles. The summed E-state index contributed by atoms with van der Waals surface area (Å²) in [6, 6.07) is 9.23. The van der Waals surface area contributed by atoms with Crippen LogP contribution in [0.3, 0.4) is 0 Å². The lowest BCUT2D eigenvalue weighted by Crippen LogP contribution is -2.31. The highest BCUT2D eigenvalue weighted by molar-refractivity contribution is 5.88. The van der Waals surface area contributed by atoms with Gasteiger partial charge in [-0.3, -0.25) is 0 Å². The summed E-state index contributed by atoms with van der Waals surface area (Å²) < 4.78 is 0. The van der Waals surface area contributed by atoms with Gasteiger partial charge < -0.3 is 5.11 Å². The summed E-state index contributed by atoms with van der Waals surface area (Å²) in [6.07, 6.45) is 3.42. The molecule has 0 aromatic heterocycles. The van der Waals surface area contributed by atoms with Crippen LogP contribution in [0.5, 0.6) is 0 Å². The zero-order valence-corrected chi connectivity index (χ0v) is 13.7. The van der Waals surface area contributed by atoms with Crippen molar-refractivity contribution in [3.63, 3.8) is 0 Å². The second-order valence-corrected chi connectivity index (χ2v) is 7.24. The minimum Gasteiger partial charge on any atom is -0.395 e. The van der Waals surface area contributed by atoms with Crippen LogP contribution in [0.1, 0.15) is 61.8 Å². The highest BCUT2D eigenvalue weighted by Gasteiger charge is 2.32. The van der Waals surface area contributed by atoms with E-state index in [-0.39, 0.29) is 12.0 Å². The maximum atomic E-state index is 9.90. The maximum Gasteiger partial charge on any atom is 0.0525 e. The van der Waals surface area contributed by atoms with Gasteiger partial charge in [0.1, 0.15) is 0 Å². The average Bonchev–Trinajstić information content (AvgIpc) is 2.48. The number of hydrogen-bond acceptors (Lipinski definition) is 1. The lowest BCUT2D eigenvalue weighted by molar-refractivity contribution is 0.188. The molecule has 3 rings (SSSR count). The summed E-state index contributed by atoms with van der Waals surface area (Å²) in [7, 11) is 0. The molecule has 0 unspecified atom stereocenters. The second-order valence-electron chi connectivity index (χ2n) is 7.24. The van der Waals surface area contributed by atoms with E-state index < -0.39 is 0 Å². The molecule has 1 N–H and O–H groups in total. The first-order valence-corrected chi connectivity index (χ1v) is 8.14. The predicted molar refractivity (Wildman–Crippen MR) is 90.1 cm³/mol. The van der Waals surface area contributed by atoms with Gasteiger partial charge in [0.2, 0.25) is 0 Å². The minimum absolute atomic E-state index is 0.0691. The number of benzene rings is 2. The molecule has 1 aliphatic rings. The summed E-state index contributed by atoms with van der Waals surface area (Å²) in [6.45, 7) is 9.19. The Morgan fingerprint density at radius 1 is 1.24 bits per heavy atom. The molecule has 0 bridgehead atoms. The van der Waals surface area contributed by atoms with Crippen LogP contribution in [-0.4, -0.2) is 11.7 Å². The fraction of sp³-hybridized carbons (Fsp3) is 0.500. The van der Waals surface area contributed by atoms with Gasteiger partial charge in [-0.05, 0) is 65.1 Å². The molecule has 0 saturated heterocycles. The van der Waals surface area contributed by atoms with E-state index in [0.717, 1.165) is 12.8 Å². The molecular weight excluding hydrogens is 256 g/mol. The average molecular weight is 282 g/mol. The third-order valence-electron chi connectivity index (χ3n) is 5.38. The quantitative estimate of drug-likeness (QED) is 0.834. The van der Waals surface area contributed by atoms with Gasteiger partial charge in [0.05, 0.1) is 6.61 Å². The van der Waals surface area contributed by atoms with E-state index >= 15 is 0 Å². The fourth-order valence-electron chi connectivity index (χ4n) is 3.82. The van der Waals surface area contributed by atoms with Crippen molar-refractivity contribution in [2.45, 2.75) is 58.3 Å². The van der Waals surface area contributed by atoms with Crippen molar-refractivity contribution < 1.29 is 5.11 Å². The van der Waals surface area contributed by atoms with E-state index in [1.54, 1.807) is 0 Å². The van der Waals surface area contributed by atoms with Crippen LogP contribution >= 0.6 is 0 Å². The van der Waals surface area contributed by atoms with Crippen LogP contribution in [-0.2, 0) is 11.8 Å². The molecule has 0 radical (unpaired) electrons. The van der Waals surface area contributed by atoms with Gasteiger partial charge in [-0.25, -0.2) is 0 Å². The number of fused-ring (bicyclic) bond motifs is 2. The monoisotopic (exact) mass is 282 g/mol. The second kappa shape index (κ2) is 5.14. The summed E-state index contributed by atoms with van der Waals surface area (Å²) in [5.41, 5.74) is 5.59. The van der Waals surface area contributed by atoms with Crippen molar-refractivity contribution in [3.8, 4) is 0 Å². The molecule has 0 fully saturated rings. The molecule has 1 heteroatoms. The lowest BCUT2D eigenvalue weighted by Gasteiger charge is -2.36. The van der Waals surface area contributed by atoms with Crippen LogP contribution < -0.4 is 0 Å². The van der Waals surface area contributed by atoms with Gasteiger partial charge in [0, 0.05) is 5.41 Å². The normalized spacial score (nSPS) is 21.8. The number of aliphatic hydroxyl groups is 1. The van der Waals surface area contributed by atoms with Crippen LogP contribution in [0.2, 0.25) is 0 Å². The van der Waals surface area contributed by atoms with Gasteiger partial charge in [-0.1, -0.05) is 45.0 Å². The van der Waals surface area contributed by atoms with E-state index in [1.165, 1.54) is 39.4 Å². The predicted octanol–water partition coefficient (Wildman–Crippen LogP) is 4.86. The van der Waals surface area contributed by atoms with E-state index in [2.05, 4.69) is 52.0 Å². The van der Waals surface area contributed by atoms with Crippen LogP contribution in [0.25, 0.3) is 10.8 Å². The molecule has 1 nitrogen and oxygen atoms in total.